The average molecular weight is 339 g/mol. The van der Waals surface area contributed by atoms with Crippen molar-refractivity contribution in [1.29, 1.82) is 0 Å². The van der Waals surface area contributed by atoms with E-state index in [1.807, 2.05) is 32.0 Å². The highest BCUT2D eigenvalue weighted by Crippen LogP contribution is 2.26. The fourth-order valence-electron chi connectivity index (χ4n) is 2.33. The monoisotopic (exact) mass is 339 g/mol. The van der Waals surface area contributed by atoms with Crippen LogP contribution in [0.4, 0.5) is 0 Å². The molecule has 0 saturated carbocycles. The Balaban J connectivity index is 1.94. The Morgan fingerprint density at radius 2 is 1.92 bits per heavy atom. The molecule has 0 radical (unpaired) electrons. The summed E-state index contributed by atoms with van der Waals surface area (Å²) in [6, 6.07) is 10.1. The number of fused-ring (bicyclic) bond motifs is 1. The predicted octanol–water partition coefficient (Wildman–Crippen LogP) is 2.33. The van der Waals surface area contributed by atoms with E-state index in [2.05, 4.69) is 0 Å². The second kappa shape index (κ2) is 6.68. The number of hydrogen-bond acceptors (Lipinski definition) is 6. The van der Waals surface area contributed by atoms with Crippen molar-refractivity contribution in [3.05, 3.63) is 64.0 Å². The van der Waals surface area contributed by atoms with E-state index in [0.29, 0.717) is 11.1 Å². The van der Waals surface area contributed by atoms with E-state index in [0.717, 1.165) is 11.1 Å². The maximum absolute atomic E-state index is 12.6. The quantitative estimate of drug-likeness (QED) is 0.709. The molecule has 0 aliphatic heterocycles. The van der Waals surface area contributed by atoms with Crippen LogP contribution in [0.15, 0.2) is 51.9 Å². The smallest absolute Gasteiger partial charge is 0.235 e. The van der Waals surface area contributed by atoms with Gasteiger partial charge in [-0.3, -0.25) is 4.79 Å². The summed E-state index contributed by atoms with van der Waals surface area (Å²) in [7, 11) is 0. The van der Waals surface area contributed by atoms with Crippen LogP contribution in [-0.2, 0) is 4.79 Å². The van der Waals surface area contributed by atoms with E-state index >= 15 is 0 Å². The maximum Gasteiger partial charge on any atom is 0.235 e. The summed E-state index contributed by atoms with van der Waals surface area (Å²) in [5.41, 5.74) is 1.86. The second-order valence-corrected chi connectivity index (χ2v) is 5.62. The molecule has 0 fully saturated rings. The van der Waals surface area contributed by atoms with E-state index in [9.17, 15) is 14.7 Å². The molecule has 0 saturated heterocycles. The molecule has 3 aromatic rings. The molecule has 0 aliphatic rings. The van der Waals surface area contributed by atoms with E-state index < -0.39 is 12.6 Å². The number of benzene rings is 2. The standard InChI is InChI=1S/C19H16O6/c1-11-3-4-12(2)15(7-11)25-17-9-24-16-8-13(23-10-18(20)21)5-6-14(16)19(17)22/h3-9H,10H2,1-2H3,(H,20,21)/p-1. The van der Waals surface area contributed by atoms with Crippen molar-refractivity contribution >= 4 is 16.9 Å². The SMILES string of the molecule is Cc1ccc(C)c(Oc2coc3cc(OCC(=O)[O-])ccc3c2=O)c1. The van der Waals surface area contributed by atoms with Crippen LogP contribution in [0.3, 0.4) is 0 Å². The van der Waals surface area contributed by atoms with Crippen molar-refractivity contribution in [2.24, 2.45) is 0 Å². The number of hydrogen-bond donors (Lipinski definition) is 0. The van der Waals surface area contributed by atoms with Gasteiger partial charge in [-0.05, 0) is 43.2 Å². The highest BCUT2D eigenvalue weighted by atomic mass is 16.5. The van der Waals surface area contributed by atoms with E-state index in [4.69, 9.17) is 13.9 Å². The molecule has 6 nitrogen and oxygen atoms in total. The number of carboxylic acids is 1. The lowest BCUT2D eigenvalue weighted by atomic mass is 10.1. The lowest BCUT2D eigenvalue weighted by Crippen LogP contribution is -2.28. The Morgan fingerprint density at radius 3 is 2.68 bits per heavy atom. The van der Waals surface area contributed by atoms with Gasteiger partial charge in [0.2, 0.25) is 11.2 Å². The first-order chi connectivity index (χ1) is 11.9. The third-order valence-electron chi connectivity index (χ3n) is 3.63. The number of carbonyl (C=O) groups is 1. The molecule has 1 heterocycles. The molecule has 6 heteroatoms. The van der Waals surface area contributed by atoms with Gasteiger partial charge in [-0.1, -0.05) is 12.1 Å². The molecule has 128 valence electrons. The number of aliphatic carboxylic acids is 1. The summed E-state index contributed by atoms with van der Waals surface area (Å²) in [5, 5.41) is 10.7. The predicted molar refractivity (Wildman–Crippen MR) is 89.0 cm³/mol. The van der Waals surface area contributed by atoms with Crippen molar-refractivity contribution in [2.75, 3.05) is 6.61 Å². The van der Waals surface area contributed by atoms with E-state index in [1.165, 1.54) is 24.5 Å². The molecule has 2 aromatic carbocycles. The highest BCUT2D eigenvalue weighted by molar-refractivity contribution is 5.79. The molecule has 3 rings (SSSR count). The summed E-state index contributed by atoms with van der Waals surface area (Å²) in [6.07, 6.45) is 1.23. The maximum atomic E-state index is 12.6. The molecule has 0 unspecified atom stereocenters. The second-order valence-electron chi connectivity index (χ2n) is 5.62. The lowest BCUT2D eigenvalue weighted by molar-refractivity contribution is -0.307. The first-order valence-corrected chi connectivity index (χ1v) is 7.57. The van der Waals surface area contributed by atoms with Crippen molar-refractivity contribution in [2.45, 2.75) is 13.8 Å². The van der Waals surface area contributed by atoms with Gasteiger partial charge in [0.15, 0.2) is 0 Å². The Hall–Kier alpha value is -3.28. The lowest BCUT2D eigenvalue weighted by Gasteiger charge is -2.10. The van der Waals surface area contributed by atoms with Crippen LogP contribution >= 0.6 is 0 Å². The number of aryl methyl sites for hydroxylation is 2. The Labute approximate surface area is 143 Å². The molecule has 0 bridgehead atoms. The van der Waals surface area contributed by atoms with Gasteiger partial charge >= 0.3 is 0 Å². The summed E-state index contributed by atoms with van der Waals surface area (Å²) in [5.74, 6) is -0.410. The molecule has 0 spiro atoms. The number of carbonyl (C=O) groups excluding carboxylic acids is 1. The summed E-state index contributed by atoms with van der Waals surface area (Å²) >= 11 is 0. The zero-order valence-electron chi connectivity index (χ0n) is 13.7. The zero-order chi connectivity index (χ0) is 18.0. The van der Waals surface area contributed by atoms with Gasteiger partial charge in [-0.25, -0.2) is 0 Å². The van der Waals surface area contributed by atoms with E-state index in [1.54, 1.807) is 0 Å². The Morgan fingerprint density at radius 1 is 1.12 bits per heavy atom. The fourth-order valence-corrected chi connectivity index (χ4v) is 2.33. The van der Waals surface area contributed by atoms with Crippen LogP contribution in [0.5, 0.6) is 17.2 Å². The van der Waals surface area contributed by atoms with Gasteiger partial charge < -0.3 is 23.8 Å². The third-order valence-corrected chi connectivity index (χ3v) is 3.63. The molecule has 25 heavy (non-hydrogen) atoms. The molecule has 0 aliphatic carbocycles. The van der Waals surface area contributed by atoms with Gasteiger partial charge in [0, 0.05) is 6.07 Å². The van der Waals surface area contributed by atoms with Crippen molar-refractivity contribution < 1.29 is 23.8 Å². The molecular formula is C19H15O6-. The molecule has 0 atom stereocenters. The van der Waals surface area contributed by atoms with Gasteiger partial charge in [0.25, 0.3) is 0 Å². The fraction of sp³-hybridized carbons (Fsp3) is 0.158. The Kier molecular flexibility index (Phi) is 4.43. The van der Waals surface area contributed by atoms with E-state index in [-0.39, 0.29) is 22.5 Å². The van der Waals surface area contributed by atoms with Crippen molar-refractivity contribution in [3.63, 3.8) is 0 Å². The number of rotatable bonds is 5. The molecule has 0 N–H and O–H groups in total. The summed E-state index contributed by atoms with van der Waals surface area (Å²) in [6.45, 7) is 3.24. The van der Waals surface area contributed by atoms with Gasteiger partial charge in [0.05, 0.1) is 11.4 Å². The van der Waals surface area contributed by atoms with Gasteiger partial charge in [-0.15, -0.1) is 0 Å². The minimum absolute atomic E-state index is 0.0737. The van der Waals surface area contributed by atoms with Crippen LogP contribution in [0.25, 0.3) is 11.0 Å². The third kappa shape index (κ3) is 3.63. The average Bonchev–Trinajstić information content (AvgIpc) is 2.58. The van der Waals surface area contributed by atoms with Gasteiger partial charge in [-0.2, -0.15) is 0 Å². The summed E-state index contributed by atoms with van der Waals surface area (Å²) in [4.78, 5) is 23.0. The summed E-state index contributed by atoms with van der Waals surface area (Å²) < 4.78 is 16.2. The van der Waals surface area contributed by atoms with Crippen LogP contribution in [0, 0.1) is 13.8 Å². The molecule has 1 aromatic heterocycles. The van der Waals surface area contributed by atoms with Crippen molar-refractivity contribution in [1.82, 2.24) is 0 Å². The zero-order valence-corrected chi connectivity index (χ0v) is 13.7. The van der Waals surface area contributed by atoms with Crippen LogP contribution in [0.1, 0.15) is 11.1 Å². The van der Waals surface area contributed by atoms with Crippen LogP contribution < -0.4 is 20.0 Å². The van der Waals surface area contributed by atoms with Crippen LogP contribution in [0.2, 0.25) is 0 Å². The number of ether oxygens (including phenoxy) is 2. The van der Waals surface area contributed by atoms with Crippen LogP contribution in [-0.4, -0.2) is 12.6 Å². The van der Waals surface area contributed by atoms with Crippen molar-refractivity contribution in [3.8, 4) is 17.2 Å². The molecular weight excluding hydrogens is 324 g/mol. The van der Waals surface area contributed by atoms with Gasteiger partial charge in [0.1, 0.15) is 30.0 Å². The number of carboxylic acid groups (broad SMARTS) is 1. The minimum Gasteiger partial charge on any atom is -0.546 e. The normalized spacial score (nSPS) is 10.6. The highest BCUT2D eigenvalue weighted by Gasteiger charge is 2.11. The first kappa shape index (κ1) is 16.6. The minimum atomic E-state index is -1.33. The first-order valence-electron chi connectivity index (χ1n) is 7.57. The largest absolute Gasteiger partial charge is 0.546 e. The topological polar surface area (TPSA) is 88.8 Å². The Bertz CT molecular complexity index is 1000. The molecule has 0 amide bonds.